The Morgan fingerprint density at radius 2 is 1.96 bits per heavy atom. The lowest BCUT2D eigenvalue weighted by Gasteiger charge is -2.09. The first-order chi connectivity index (χ1) is 12.2. The van der Waals surface area contributed by atoms with Crippen molar-refractivity contribution in [3.63, 3.8) is 0 Å². The summed E-state index contributed by atoms with van der Waals surface area (Å²) in [6, 6.07) is 10.4. The molecule has 0 saturated carbocycles. The van der Waals surface area contributed by atoms with Crippen molar-refractivity contribution in [3.8, 4) is 11.4 Å². The maximum atomic E-state index is 4.47. The van der Waals surface area contributed by atoms with Gasteiger partial charge in [-0.1, -0.05) is 24.3 Å². The first kappa shape index (κ1) is 16.2. The van der Waals surface area contributed by atoms with Crippen LogP contribution in [0.1, 0.15) is 17.4 Å². The maximum absolute atomic E-state index is 4.47. The number of hydrogen-bond donors (Lipinski definition) is 0. The van der Waals surface area contributed by atoms with Crippen LogP contribution in [0.5, 0.6) is 0 Å². The predicted molar refractivity (Wildman–Crippen MR) is 102 cm³/mol. The normalized spacial score (nSPS) is 11.3. The Morgan fingerprint density at radius 3 is 2.76 bits per heavy atom. The number of benzene rings is 1. The van der Waals surface area contributed by atoms with Crippen molar-refractivity contribution in [1.29, 1.82) is 0 Å². The summed E-state index contributed by atoms with van der Waals surface area (Å²) in [7, 11) is 0. The van der Waals surface area contributed by atoms with Gasteiger partial charge in [-0.2, -0.15) is 0 Å². The van der Waals surface area contributed by atoms with E-state index in [2.05, 4.69) is 63.7 Å². The molecule has 0 amide bonds. The Kier molecular flexibility index (Phi) is 4.27. The molecule has 0 atom stereocenters. The molecule has 7 heteroatoms. The zero-order valence-electron chi connectivity index (χ0n) is 14.2. The van der Waals surface area contributed by atoms with Gasteiger partial charge in [0, 0.05) is 22.4 Å². The number of rotatable bonds is 4. The predicted octanol–water partition coefficient (Wildman–Crippen LogP) is 4.74. The quantitative estimate of drug-likeness (QED) is 0.488. The van der Waals surface area contributed by atoms with E-state index in [0.717, 1.165) is 38.3 Å². The SMILES string of the molecule is CCn1c(Sc2ncnc3sc(C)cc23)nnc1-c1ccccc1C. The second-order valence-corrected chi connectivity index (χ2v) is 7.91. The highest BCUT2D eigenvalue weighted by atomic mass is 32.2. The van der Waals surface area contributed by atoms with Crippen molar-refractivity contribution < 1.29 is 0 Å². The van der Waals surface area contributed by atoms with Gasteiger partial charge in [0.25, 0.3) is 0 Å². The second-order valence-electron chi connectivity index (χ2n) is 5.72. The molecule has 0 spiro atoms. The zero-order valence-corrected chi connectivity index (χ0v) is 15.9. The van der Waals surface area contributed by atoms with E-state index in [9.17, 15) is 0 Å². The van der Waals surface area contributed by atoms with Crippen molar-refractivity contribution in [2.75, 3.05) is 0 Å². The van der Waals surface area contributed by atoms with E-state index in [4.69, 9.17) is 0 Å². The number of fused-ring (bicyclic) bond motifs is 1. The molecule has 0 aliphatic carbocycles. The van der Waals surface area contributed by atoms with Crippen LogP contribution in [0.25, 0.3) is 21.6 Å². The molecular formula is C18H17N5S2. The number of aromatic nitrogens is 5. The molecule has 3 aromatic heterocycles. The smallest absolute Gasteiger partial charge is 0.197 e. The lowest BCUT2D eigenvalue weighted by atomic mass is 10.1. The van der Waals surface area contributed by atoms with E-state index < -0.39 is 0 Å². The maximum Gasteiger partial charge on any atom is 0.197 e. The molecule has 5 nitrogen and oxygen atoms in total. The molecule has 4 aromatic rings. The van der Waals surface area contributed by atoms with Gasteiger partial charge in [-0.3, -0.25) is 0 Å². The Balaban J connectivity index is 1.78. The summed E-state index contributed by atoms with van der Waals surface area (Å²) >= 11 is 3.23. The fraction of sp³-hybridized carbons (Fsp3) is 0.222. The summed E-state index contributed by atoms with van der Waals surface area (Å²) in [5.74, 6) is 0.898. The summed E-state index contributed by atoms with van der Waals surface area (Å²) < 4.78 is 2.14. The van der Waals surface area contributed by atoms with Gasteiger partial charge < -0.3 is 4.57 Å². The molecule has 0 radical (unpaired) electrons. The van der Waals surface area contributed by atoms with Crippen LogP contribution in [0, 0.1) is 13.8 Å². The monoisotopic (exact) mass is 367 g/mol. The molecule has 25 heavy (non-hydrogen) atoms. The van der Waals surface area contributed by atoms with Crippen molar-refractivity contribution in [1.82, 2.24) is 24.7 Å². The van der Waals surface area contributed by atoms with Gasteiger partial charge in [0.1, 0.15) is 16.2 Å². The van der Waals surface area contributed by atoms with Crippen LogP contribution < -0.4 is 0 Å². The van der Waals surface area contributed by atoms with Gasteiger partial charge in [0.2, 0.25) is 0 Å². The van der Waals surface area contributed by atoms with Crippen LogP contribution in [0.4, 0.5) is 0 Å². The Hall–Kier alpha value is -2.25. The van der Waals surface area contributed by atoms with Crippen LogP contribution in [0.2, 0.25) is 0 Å². The first-order valence-corrected chi connectivity index (χ1v) is 9.69. The molecule has 1 aromatic carbocycles. The van der Waals surface area contributed by atoms with Crippen molar-refractivity contribution in [2.24, 2.45) is 0 Å². The molecule has 126 valence electrons. The lowest BCUT2D eigenvalue weighted by Crippen LogP contribution is -2.00. The number of hydrogen-bond acceptors (Lipinski definition) is 6. The lowest BCUT2D eigenvalue weighted by molar-refractivity contribution is 0.686. The van der Waals surface area contributed by atoms with Gasteiger partial charge in [-0.05, 0) is 44.2 Å². The van der Waals surface area contributed by atoms with Crippen LogP contribution in [0.15, 0.2) is 46.8 Å². The fourth-order valence-electron chi connectivity index (χ4n) is 2.79. The second kappa shape index (κ2) is 6.57. The van der Waals surface area contributed by atoms with E-state index in [-0.39, 0.29) is 0 Å². The molecular weight excluding hydrogens is 350 g/mol. The highest BCUT2D eigenvalue weighted by Gasteiger charge is 2.17. The summed E-state index contributed by atoms with van der Waals surface area (Å²) in [5.41, 5.74) is 2.31. The molecule has 0 aliphatic rings. The third-order valence-electron chi connectivity index (χ3n) is 4.02. The highest BCUT2D eigenvalue weighted by molar-refractivity contribution is 7.99. The summed E-state index contributed by atoms with van der Waals surface area (Å²) in [4.78, 5) is 11.1. The molecule has 4 rings (SSSR count). The third kappa shape index (κ3) is 2.94. The summed E-state index contributed by atoms with van der Waals surface area (Å²) in [5, 5.41) is 11.7. The number of aryl methyl sites for hydroxylation is 2. The molecule has 3 heterocycles. The minimum absolute atomic E-state index is 0.801. The van der Waals surface area contributed by atoms with Gasteiger partial charge in [-0.15, -0.1) is 21.5 Å². The zero-order chi connectivity index (χ0) is 17.4. The largest absolute Gasteiger partial charge is 0.302 e. The van der Waals surface area contributed by atoms with Gasteiger partial charge >= 0.3 is 0 Å². The van der Waals surface area contributed by atoms with Gasteiger partial charge in [0.05, 0.1) is 0 Å². The Bertz CT molecular complexity index is 1050. The average Bonchev–Trinajstić information content (AvgIpc) is 3.18. The molecule has 0 fully saturated rings. The van der Waals surface area contributed by atoms with Gasteiger partial charge in [-0.25, -0.2) is 9.97 Å². The third-order valence-corrected chi connectivity index (χ3v) is 5.98. The first-order valence-electron chi connectivity index (χ1n) is 8.05. The van der Waals surface area contributed by atoms with E-state index in [1.54, 1.807) is 29.4 Å². The molecule has 0 aliphatic heterocycles. The number of thiophene rings is 1. The Morgan fingerprint density at radius 1 is 1.12 bits per heavy atom. The van der Waals surface area contributed by atoms with Crippen LogP contribution >= 0.6 is 23.1 Å². The fourth-order valence-corrected chi connectivity index (χ4v) is 4.65. The van der Waals surface area contributed by atoms with E-state index in [0.29, 0.717) is 0 Å². The van der Waals surface area contributed by atoms with Gasteiger partial charge in [0.15, 0.2) is 11.0 Å². The van der Waals surface area contributed by atoms with Crippen molar-refractivity contribution in [3.05, 3.63) is 47.1 Å². The standard InChI is InChI=1S/C18H17N5S2/c1-4-23-15(13-8-6-5-7-11(13)2)21-22-18(23)25-17-14-9-12(3)24-16(14)19-10-20-17/h5-10H,4H2,1-3H3. The minimum Gasteiger partial charge on any atom is -0.302 e. The van der Waals surface area contributed by atoms with Crippen LogP contribution in [-0.2, 0) is 6.54 Å². The molecule has 0 bridgehead atoms. The molecule has 0 N–H and O–H groups in total. The minimum atomic E-state index is 0.801. The number of nitrogens with zero attached hydrogens (tertiary/aromatic N) is 5. The summed E-state index contributed by atoms with van der Waals surface area (Å²) in [6.45, 7) is 7.10. The van der Waals surface area contributed by atoms with E-state index >= 15 is 0 Å². The van der Waals surface area contributed by atoms with Crippen molar-refractivity contribution in [2.45, 2.75) is 37.5 Å². The highest BCUT2D eigenvalue weighted by Crippen LogP contribution is 2.35. The van der Waals surface area contributed by atoms with Crippen molar-refractivity contribution >= 4 is 33.3 Å². The van der Waals surface area contributed by atoms with Crippen LogP contribution in [0.3, 0.4) is 0 Å². The average molecular weight is 368 g/mol. The summed E-state index contributed by atoms with van der Waals surface area (Å²) in [6.07, 6.45) is 1.62. The Labute approximate surface area is 154 Å². The molecule has 0 saturated heterocycles. The van der Waals surface area contributed by atoms with E-state index in [1.807, 2.05) is 12.1 Å². The van der Waals surface area contributed by atoms with E-state index in [1.165, 1.54) is 10.4 Å². The van der Waals surface area contributed by atoms with Crippen LogP contribution in [-0.4, -0.2) is 24.7 Å². The topological polar surface area (TPSA) is 56.5 Å². The molecule has 0 unspecified atom stereocenters.